The number of methoxy groups -OCH3 is 1. The second-order valence-electron chi connectivity index (χ2n) is 6.18. The van der Waals surface area contributed by atoms with Crippen LogP contribution in [-0.4, -0.2) is 44.2 Å². The Morgan fingerprint density at radius 1 is 1.08 bits per heavy atom. The minimum absolute atomic E-state index is 0.123. The van der Waals surface area contributed by atoms with Crippen LogP contribution in [0.1, 0.15) is 5.56 Å². The van der Waals surface area contributed by atoms with Crippen LogP contribution in [0.4, 0.5) is 16.2 Å². The summed E-state index contributed by atoms with van der Waals surface area (Å²) in [5.74, 6) is 0.779. The molecule has 1 aliphatic rings. The lowest BCUT2D eigenvalue weighted by Gasteiger charge is -2.36. The molecule has 0 aliphatic carbocycles. The van der Waals surface area contributed by atoms with E-state index in [0.29, 0.717) is 41.9 Å². The van der Waals surface area contributed by atoms with Crippen molar-refractivity contribution in [1.82, 2.24) is 4.90 Å². The summed E-state index contributed by atoms with van der Waals surface area (Å²) in [6.45, 7) is 4.57. The van der Waals surface area contributed by atoms with Crippen molar-refractivity contribution in [3.63, 3.8) is 0 Å². The van der Waals surface area contributed by atoms with E-state index in [2.05, 4.69) is 10.2 Å². The van der Waals surface area contributed by atoms with Crippen molar-refractivity contribution in [3.05, 3.63) is 52.0 Å². The molecule has 138 valence electrons. The first-order valence-electron chi connectivity index (χ1n) is 8.38. The molecule has 2 amide bonds. The van der Waals surface area contributed by atoms with Gasteiger partial charge in [-0.15, -0.1) is 0 Å². The molecule has 1 fully saturated rings. The van der Waals surface area contributed by atoms with Gasteiger partial charge in [-0.05, 0) is 42.8 Å². The maximum Gasteiger partial charge on any atom is 0.321 e. The van der Waals surface area contributed by atoms with Crippen LogP contribution < -0.4 is 15.0 Å². The SMILES string of the molecule is COc1ccc(Cl)cc1N1CCN(C(=O)Nc2ccc(C)c(Cl)c2)CC1. The maximum atomic E-state index is 12.5. The van der Waals surface area contributed by atoms with Gasteiger partial charge in [0, 0.05) is 41.9 Å². The first kappa shape index (κ1) is 18.7. The van der Waals surface area contributed by atoms with Crippen molar-refractivity contribution < 1.29 is 9.53 Å². The highest BCUT2D eigenvalue weighted by Gasteiger charge is 2.23. The Hall–Kier alpha value is -2.11. The molecule has 5 nitrogen and oxygen atoms in total. The number of halogens is 2. The fourth-order valence-electron chi connectivity index (χ4n) is 2.93. The molecule has 1 heterocycles. The average molecular weight is 394 g/mol. The molecular weight excluding hydrogens is 373 g/mol. The number of nitrogens with one attached hydrogen (secondary N) is 1. The summed E-state index contributed by atoms with van der Waals surface area (Å²) in [6.07, 6.45) is 0. The Labute approximate surface area is 163 Å². The van der Waals surface area contributed by atoms with Crippen LogP contribution >= 0.6 is 23.2 Å². The van der Waals surface area contributed by atoms with E-state index < -0.39 is 0 Å². The molecule has 2 aromatic carbocycles. The lowest BCUT2D eigenvalue weighted by atomic mass is 10.2. The van der Waals surface area contributed by atoms with Gasteiger partial charge in [-0.25, -0.2) is 4.79 Å². The van der Waals surface area contributed by atoms with Gasteiger partial charge in [0.05, 0.1) is 12.8 Å². The predicted octanol–water partition coefficient (Wildman–Crippen LogP) is 4.66. The Morgan fingerprint density at radius 2 is 1.81 bits per heavy atom. The fourth-order valence-corrected chi connectivity index (χ4v) is 3.28. The van der Waals surface area contributed by atoms with Gasteiger partial charge < -0.3 is 19.9 Å². The van der Waals surface area contributed by atoms with E-state index in [0.717, 1.165) is 17.0 Å². The summed E-state index contributed by atoms with van der Waals surface area (Å²) in [7, 11) is 1.64. The summed E-state index contributed by atoms with van der Waals surface area (Å²) in [4.78, 5) is 16.5. The van der Waals surface area contributed by atoms with Crippen LogP contribution in [0.5, 0.6) is 5.75 Å². The molecule has 2 aromatic rings. The molecular formula is C19H21Cl2N3O2. The number of nitrogens with zero attached hydrogens (tertiary/aromatic N) is 2. The molecule has 1 saturated heterocycles. The number of rotatable bonds is 3. The third kappa shape index (κ3) is 4.17. The Bertz CT molecular complexity index is 805. The first-order valence-corrected chi connectivity index (χ1v) is 9.14. The third-order valence-corrected chi connectivity index (χ3v) is 5.11. The highest BCUT2D eigenvalue weighted by Crippen LogP contribution is 2.32. The number of aryl methyl sites for hydroxylation is 1. The fraction of sp³-hybridized carbons (Fsp3) is 0.316. The normalized spacial score (nSPS) is 14.3. The summed E-state index contributed by atoms with van der Waals surface area (Å²) in [6, 6.07) is 10.9. The van der Waals surface area contributed by atoms with Crippen LogP contribution in [0, 0.1) is 6.92 Å². The van der Waals surface area contributed by atoms with Crippen molar-refractivity contribution in [2.75, 3.05) is 43.5 Å². The number of hydrogen-bond acceptors (Lipinski definition) is 3. The number of amides is 2. The molecule has 7 heteroatoms. The highest BCUT2D eigenvalue weighted by atomic mass is 35.5. The van der Waals surface area contributed by atoms with Gasteiger partial charge in [0.1, 0.15) is 5.75 Å². The van der Waals surface area contributed by atoms with Crippen molar-refractivity contribution in [1.29, 1.82) is 0 Å². The molecule has 26 heavy (non-hydrogen) atoms. The Morgan fingerprint density at radius 3 is 2.46 bits per heavy atom. The minimum Gasteiger partial charge on any atom is -0.495 e. The Kier molecular flexibility index (Phi) is 5.79. The standard InChI is InChI=1S/C19H21Cl2N3O2/c1-13-3-5-15(12-16(13)21)22-19(25)24-9-7-23(8-10-24)17-11-14(20)4-6-18(17)26-2/h3-6,11-12H,7-10H2,1-2H3,(H,22,25). The second-order valence-corrected chi connectivity index (χ2v) is 7.03. The summed E-state index contributed by atoms with van der Waals surface area (Å²) < 4.78 is 5.42. The molecule has 1 N–H and O–H groups in total. The molecule has 0 radical (unpaired) electrons. The van der Waals surface area contributed by atoms with Crippen molar-refractivity contribution in [3.8, 4) is 5.75 Å². The third-order valence-electron chi connectivity index (χ3n) is 4.47. The highest BCUT2D eigenvalue weighted by molar-refractivity contribution is 6.31. The van der Waals surface area contributed by atoms with Crippen molar-refractivity contribution in [2.24, 2.45) is 0 Å². The van der Waals surface area contributed by atoms with Gasteiger partial charge in [-0.2, -0.15) is 0 Å². The zero-order chi connectivity index (χ0) is 18.7. The molecule has 0 spiro atoms. The summed E-state index contributed by atoms with van der Waals surface area (Å²) >= 11 is 12.2. The van der Waals surface area contributed by atoms with Crippen LogP contribution in [0.25, 0.3) is 0 Å². The van der Waals surface area contributed by atoms with E-state index in [1.165, 1.54) is 0 Å². The number of piperazine rings is 1. The lowest BCUT2D eigenvalue weighted by molar-refractivity contribution is 0.208. The maximum absolute atomic E-state index is 12.5. The van der Waals surface area contributed by atoms with E-state index >= 15 is 0 Å². The minimum atomic E-state index is -0.123. The molecule has 0 saturated carbocycles. The average Bonchev–Trinajstić information content (AvgIpc) is 2.65. The van der Waals surface area contributed by atoms with E-state index in [1.54, 1.807) is 24.1 Å². The number of carbonyl (C=O) groups is 1. The van der Waals surface area contributed by atoms with Crippen LogP contribution in [-0.2, 0) is 0 Å². The number of ether oxygens (including phenoxy) is 1. The van der Waals surface area contributed by atoms with Crippen LogP contribution in [0.15, 0.2) is 36.4 Å². The summed E-state index contributed by atoms with van der Waals surface area (Å²) in [5, 5.41) is 4.21. The molecule has 0 atom stereocenters. The van der Waals surface area contributed by atoms with E-state index in [-0.39, 0.29) is 6.03 Å². The number of benzene rings is 2. The predicted molar refractivity (Wildman–Crippen MR) is 107 cm³/mol. The smallest absolute Gasteiger partial charge is 0.321 e. The molecule has 0 unspecified atom stereocenters. The monoisotopic (exact) mass is 393 g/mol. The summed E-state index contributed by atoms with van der Waals surface area (Å²) in [5.41, 5.74) is 2.63. The van der Waals surface area contributed by atoms with Gasteiger partial charge in [0.2, 0.25) is 0 Å². The Balaban J connectivity index is 1.62. The molecule has 3 rings (SSSR count). The number of urea groups is 1. The van der Waals surface area contributed by atoms with Gasteiger partial charge >= 0.3 is 6.03 Å². The van der Waals surface area contributed by atoms with E-state index in [1.807, 2.05) is 31.2 Å². The van der Waals surface area contributed by atoms with Crippen LogP contribution in [0.2, 0.25) is 10.0 Å². The second kappa shape index (κ2) is 8.06. The zero-order valence-electron chi connectivity index (χ0n) is 14.8. The molecule has 1 aliphatic heterocycles. The number of carbonyl (C=O) groups excluding carboxylic acids is 1. The van der Waals surface area contributed by atoms with Gasteiger partial charge in [-0.1, -0.05) is 29.3 Å². The van der Waals surface area contributed by atoms with Gasteiger partial charge in [0.25, 0.3) is 0 Å². The quantitative estimate of drug-likeness (QED) is 0.823. The van der Waals surface area contributed by atoms with E-state index in [9.17, 15) is 4.79 Å². The molecule has 0 aromatic heterocycles. The number of anilines is 2. The number of hydrogen-bond donors (Lipinski definition) is 1. The van der Waals surface area contributed by atoms with Gasteiger partial charge in [-0.3, -0.25) is 0 Å². The van der Waals surface area contributed by atoms with E-state index in [4.69, 9.17) is 27.9 Å². The lowest BCUT2D eigenvalue weighted by Crippen LogP contribution is -2.50. The molecule has 0 bridgehead atoms. The largest absolute Gasteiger partial charge is 0.495 e. The zero-order valence-corrected chi connectivity index (χ0v) is 16.3. The topological polar surface area (TPSA) is 44.8 Å². The van der Waals surface area contributed by atoms with Crippen LogP contribution in [0.3, 0.4) is 0 Å². The first-order chi connectivity index (χ1) is 12.5. The van der Waals surface area contributed by atoms with Gasteiger partial charge in [0.15, 0.2) is 0 Å². The van der Waals surface area contributed by atoms with Crippen molar-refractivity contribution >= 4 is 40.6 Å². The van der Waals surface area contributed by atoms with Crippen molar-refractivity contribution in [2.45, 2.75) is 6.92 Å².